The largest absolute Gasteiger partial charge is 0.491 e. The van der Waals surface area contributed by atoms with Gasteiger partial charge in [0.25, 0.3) is 0 Å². The average Bonchev–Trinajstić information content (AvgIpc) is 2.66. The summed E-state index contributed by atoms with van der Waals surface area (Å²) in [7, 11) is 3.42. The van der Waals surface area contributed by atoms with Crippen molar-refractivity contribution in [3.8, 4) is 5.75 Å². The van der Waals surface area contributed by atoms with E-state index >= 15 is 0 Å². The van der Waals surface area contributed by atoms with Crippen molar-refractivity contribution in [2.75, 3.05) is 26.0 Å². The molecule has 0 atom stereocenters. The number of hydrogen-bond acceptors (Lipinski definition) is 2. The van der Waals surface area contributed by atoms with Crippen LogP contribution in [0.5, 0.6) is 5.75 Å². The molecule has 0 fully saturated rings. The van der Waals surface area contributed by atoms with Crippen molar-refractivity contribution in [1.82, 2.24) is 4.90 Å². The number of nitrogens with zero attached hydrogens (tertiary/aromatic N) is 1. The third-order valence-corrected chi connectivity index (χ3v) is 2.36. The van der Waals surface area contributed by atoms with Gasteiger partial charge in [0.1, 0.15) is 5.75 Å². The highest BCUT2D eigenvalue weighted by atomic mass is 16.5. The van der Waals surface area contributed by atoms with Crippen LogP contribution in [0.2, 0.25) is 0 Å². The lowest BCUT2D eigenvalue weighted by molar-refractivity contribution is 0.230. The van der Waals surface area contributed by atoms with E-state index < -0.39 is 0 Å². The molecule has 4 nitrogen and oxygen atoms in total. The van der Waals surface area contributed by atoms with Crippen molar-refractivity contribution in [1.29, 1.82) is 0 Å². The Bertz CT molecular complexity index is 388. The standard InChI is InChI=1S/C11H14N2O2/c1-13(2)11(14)12-9-5-3-4-8-6-7-15-10(8)9/h3-5H,6-7H2,1-2H3,(H,12,14). The van der Waals surface area contributed by atoms with Gasteiger partial charge in [0.2, 0.25) is 0 Å². The fraction of sp³-hybridized carbons (Fsp3) is 0.364. The summed E-state index contributed by atoms with van der Waals surface area (Å²) in [6.45, 7) is 0.699. The molecule has 0 unspecified atom stereocenters. The van der Waals surface area contributed by atoms with Gasteiger partial charge in [-0.25, -0.2) is 4.79 Å². The second-order valence-electron chi connectivity index (χ2n) is 3.72. The van der Waals surface area contributed by atoms with Crippen LogP contribution in [0.15, 0.2) is 18.2 Å². The number of carbonyl (C=O) groups is 1. The number of hydrogen-bond donors (Lipinski definition) is 1. The van der Waals surface area contributed by atoms with Crippen LogP contribution in [0.3, 0.4) is 0 Å². The zero-order valence-corrected chi connectivity index (χ0v) is 8.91. The van der Waals surface area contributed by atoms with Gasteiger partial charge in [0.15, 0.2) is 0 Å². The van der Waals surface area contributed by atoms with Crippen LogP contribution in [-0.2, 0) is 6.42 Å². The zero-order valence-electron chi connectivity index (χ0n) is 8.91. The molecule has 1 N–H and O–H groups in total. The normalized spacial score (nSPS) is 12.9. The van der Waals surface area contributed by atoms with Crippen LogP contribution in [0, 0.1) is 0 Å². The van der Waals surface area contributed by atoms with Gasteiger partial charge >= 0.3 is 6.03 Å². The number of amides is 2. The van der Waals surface area contributed by atoms with Crippen LogP contribution in [0.25, 0.3) is 0 Å². The predicted octanol–water partition coefficient (Wildman–Crippen LogP) is 1.72. The van der Waals surface area contributed by atoms with Gasteiger partial charge < -0.3 is 15.0 Å². The summed E-state index contributed by atoms with van der Waals surface area (Å²) >= 11 is 0. The highest BCUT2D eigenvalue weighted by Crippen LogP contribution is 2.33. The van der Waals surface area contributed by atoms with Gasteiger partial charge in [-0.1, -0.05) is 12.1 Å². The Morgan fingerprint density at radius 2 is 2.27 bits per heavy atom. The number of urea groups is 1. The smallest absolute Gasteiger partial charge is 0.321 e. The molecule has 0 aliphatic carbocycles. The van der Waals surface area contributed by atoms with E-state index in [0.29, 0.717) is 6.61 Å². The molecule has 0 aromatic heterocycles. The zero-order chi connectivity index (χ0) is 10.8. The lowest BCUT2D eigenvalue weighted by atomic mass is 10.1. The summed E-state index contributed by atoms with van der Waals surface area (Å²) in [6.07, 6.45) is 0.918. The Morgan fingerprint density at radius 1 is 1.47 bits per heavy atom. The molecule has 0 saturated heterocycles. The molecule has 1 aliphatic heterocycles. The monoisotopic (exact) mass is 206 g/mol. The molecule has 80 valence electrons. The predicted molar refractivity (Wildman–Crippen MR) is 58.3 cm³/mol. The van der Waals surface area contributed by atoms with Crippen LogP contribution in [0.4, 0.5) is 10.5 Å². The Balaban J connectivity index is 2.22. The van der Waals surface area contributed by atoms with Gasteiger partial charge in [-0.15, -0.1) is 0 Å². The van der Waals surface area contributed by atoms with Gasteiger partial charge in [-0.2, -0.15) is 0 Å². The maximum absolute atomic E-state index is 11.5. The van der Waals surface area contributed by atoms with Crippen molar-refractivity contribution in [2.45, 2.75) is 6.42 Å². The first-order valence-corrected chi connectivity index (χ1v) is 4.91. The number of rotatable bonds is 1. The summed E-state index contributed by atoms with van der Waals surface area (Å²) in [5.74, 6) is 0.813. The van der Waals surface area contributed by atoms with Crippen molar-refractivity contribution in [3.05, 3.63) is 23.8 Å². The molecule has 1 aromatic rings. The second kappa shape index (κ2) is 3.81. The maximum atomic E-state index is 11.5. The molecule has 1 aromatic carbocycles. The lowest BCUT2D eigenvalue weighted by Crippen LogP contribution is -2.27. The van der Waals surface area contributed by atoms with Crippen LogP contribution >= 0.6 is 0 Å². The number of anilines is 1. The summed E-state index contributed by atoms with van der Waals surface area (Å²) < 4.78 is 5.48. The van der Waals surface area contributed by atoms with Crippen molar-refractivity contribution in [2.24, 2.45) is 0 Å². The van der Waals surface area contributed by atoms with E-state index in [1.165, 1.54) is 4.90 Å². The molecule has 0 radical (unpaired) electrons. The number of benzene rings is 1. The molecule has 4 heteroatoms. The van der Waals surface area contributed by atoms with E-state index in [2.05, 4.69) is 5.32 Å². The molecule has 0 spiro atoms. The Hall–Kier alpha value is -1.71. The Kier molecular flexibility index (Phi) is 2.49. The summed E-state index contributed by atoms with van der Waals surface area (Å²) in [4.78, 5) is 13.0. The fourth-order valence-electron chi connectivity index (χ4n) is 1.54. The van der Waals surface area contributed by atoms with Gasteiger partial charge in [0, 0.05) is 20.5 Å². The molecule has 2 amide bonds. The maximum Gasteiger partial charge on any atom is 0.321 e. The van der Waals surface area contributed by atoms with Gasteiger partial charge in [-0.05, 0) is 11.6 Å². The second-order valence-corrected chi connectivity index (χ2v) is 3.72. The minimum atomic E-state index is -0.140. The van der Waals surface area contributed by atoms with Crippen molar-refractivity contribution < 1.29 is 9.53 Å². The number of carbonyl (C=O) groups excluding carboxylic acids is 1. The van der Waals surface area contributed by atoms with E-state index in [4.69, 9.17) is 4.74 Å². The number of para-hydroxylation sites is 1. The summed E-state index contributed by atoms with van der Waals surface area (Å²) in [6, 6.07) is 5.66. The van der Waals surface area contributed by atoms with Crippen molar-refractivity contribution >= 4 is 11.7 Å². The Morgan fingerprint density at radius 3 is 3.00 bits per heavy atom. The Labute approximate surface area is 88.8 Å². The van der Waals surface area contributed by atoms with E-state index in [0.717, 1.165) is 23.4 Å². The SMILES string of the molecule is CN(C)C(=O)Nc1cccc2c1OCC2. The third-order valence-electron chi connectivity index (χ3n) is 2.36. The molecular weight excluding hydrogens is 192 g/mol. The first-order chi connectivity index (χ1) is 7.18. The molecule has 2 rings (SSSR count). The van der Waals surface area contributed by atoms with Crippen LogP contribution in [-0.4, -0.2) is 31.6 Å². The first kappa shape index (κ1) is 9.83. The number of fused-ring (bicyclic) bond motifs is 1. The topological polar surface area (TPSA) is 41.6 Å². The number of nitrogens with one attached hydrogen (secondary N) is 1. The lowest BCUT2D eigenvalue weighted by Gasteiger charge is -2.14. The molecule has 1 heterocycles. The van der Waals surface area contributed by atoms with Crippen LogP contribution < -0.4 is 10.1 Å². The summed E-state index contributed by atoms with van der Waals surface area (Å²) in [5.41, 5.74) is 1.91. The molecule has 15 heavy (non-hydrogen) atoms. The molecule has 1 aliphatic rings. The summed E-state index contributed by atoms with van der Waals surface area (Å²) in [5, 5.41) is 2.80. The number of ether oxygens (including phenoxy) is 1. The fourth-order valence-corrected chi connectivity index (χ4v) is 1.54. The van der Waals surface area contributed by atoms with Gasteiger partial charge in [-0.3, -0.25) is 0 Å². The quantitative estimate of drug-likeness (QED) is 0.760. The molecule has 0 bridgehead atoms. The van der Waals surface area contributed by atoms with Gasteiger partial charge in [0.05, 0.1) is 12.3 Å². The average molecular weight is 206 g/mol. The minimum absolute atomic E-state index is 0.140. The van der Waals surface area contributed by atoms with Crippen LogP contribution in [0.1, 0.15) is 5.56 Å². The third kappa shape index (κ3) is 1.88. The van der Waals surface area contributed by atoms with E-state index in [9.17, 15) is 4.79 Å². The van der Waals surface area contributed by atoms with Crippen molar-refractivity contribution in [3.63, 3.8) is 0 Å². The highest BCUT2D eigenvalue weighted by molar-refractivity contribution is 5.91. The van der Waals surface area contributed by atoms with E-state index in [1.54, 1.807) is 14.1 Å². The van der Waals surface area contributed by atoms with E-state index in [-0.39, 0.29) is 6.03 Å². The minimum Gasteiger partial charge on any atom is -0.491 e. The van der Waals surface area contributed by atoms with E-state index in [1.807, 2.05) is 18.2 Å². The molecular formula is C11H14N2O2. The first-order valence-electron chi connectivity index (χ1n) is 4.91. The molecule has 0 saturated carbocycles. The highest BCUT2D eigenvalue weighted by Gasteiger charge is 2.17.